The Bertz CT molecular complexity index is 345. The lowest BCUT2D eigenvalue weighted by Crippen LogP contribution is -2.14. The Morgan fingerprint density at radius 3 is 2.29 bits per heavy atom. The molecule has 0 aliphatic rings. The van der Waals surface area contributed by atoms with Crippen molar-refractivity contribution in [3.63, 3.8) is 0 Å². The molecule has 0 amide bonds. The smallest absolute Gasteiger partial charge is 0.134 e. The fourth-order valence-corrected chi connectivity index (χ4v) is 1.79. The highest BCUT2D eigenvalue weighted by atomic mass is 19.1. The Morgan fingerprint density at radius 1 is 1.24 bits per heavy atom. The topological polar surface area (TPSA) is 35.2 Å². The van der Waals surface area contributed by atoms with E-state index in [2.05, 4.69) is 6.92 Å². The molecule has 0 heterocycles. The zero-order valence-corrected chi connectivity index (χ0v) is 10.3. The minimum atomic E-state index is -0.633. The van der Waals surface area contributed by atoms with Gasteiger partial charge in [-0.25, -0.2) is 8.78 Å². The summed E-state index contributed by atoms with van der Waals surface area (Å²) < 4.78 is 32.1. The van der Waals surface area contributed by atoms with Crippen LogP contribution in [0.2, 0.25) is 0 Å². The molecule has 0 saturated heterocycles. The van der Waals surface area contributed by atoms with Gasteiger partial charge in [0.15, 0.2) is 0 Å². The molecule has 1 aromatic carbocycles. The maximum Gasteiger partial charge on any atom is 0.134 e. The Kier molecular flexibility index (Phi) is 5.35. The highest BCUT2D eigenvalue weighted by Crippen LogP contribution is 2.27. The molecule has 0 aromatic heterocycles. The largest absolute Gasteiger partial charge is 0.497 e. The van der Waals surface area contributed by atoms with Gasteiger partial charge in [0.25, 0.3) is 0 Å². The van der Waals surface area contributed by atoms with E-state index in [-0.39, 0.29) is 11.3 Å². The Hall–Kier alpha value is -1.16. The third kappa shape index (κ3) is 3.66. The molecule has 96 valence electrons. The predicted octanol–water partition coefficient (Wildman–Crippen LogP) is 3.55. The van der Waals surface area contributed by atoms with Gasteiger partial charge in [-0.3, -0.25) is 0 Å². The van der Waals surface area contributed by atoms with Crippen LogP contribution >= 0.6 is 0 Å². The van der Waals surface area contributed by atoms with Crippen molar-refractivity contribution in [2.45, 2.75) is 38.6 Å². The van der Waals surface area contributed by atoms with Gasteiger partial charge in [0.1, 0.15) is 17.4 Å². The summed E-state index contributed by atoms with van der Waals surface area (Å²) in [6, 6.07) is 1.74. The normalized spacial score (nSPS) is 12.5. The van der Waals surface area contributed by atoms with Gasteiger partial charge in [-0.1, -0.05) is 26.2 Å². The van der Waals surface area contributed by atoms with Gasteiger partial charge in [-0.2, -0.15) is 0 Å². The number of halogens is 2. The van der Waals surface area contributed by atoms with E-state index in [1.807, 2.05) is 0 Å². The van der Waals surface area contributed by atoms with E-state index < -0.39 is 17.7 Å². The molecule has 1 rings (SSSR count). The molecule has 0 aliphatic heterocycles. The average Bonchev–Trinajstić information content (AvgIpc) is 2.28. The van der Waals surface area contributed by atoms with Crippen molar-refractivity contribution in [1.29, 1.82) is 0 Å². The van der Waals surface area contributed by atoms with Gasteiger partial charge in [0.2, 0.25) is 0 Å². The first-order valence-corrected chi connectivity index (χ1v) is 5.88. The average molecular weight is 243 g/mol. The highest BCUT2D eigenvalue weighted by molar-refractivity contribution is 5.32. The fraction of sp³-hybridized carbons (Fsp3) is 0.538. The van der Waals surface area contributed by atoms with Crippen molar-refractivity contribution in [1.82, 2.24) is 0 Å². The van der Waals surface area contributed by atoms with Crippen LogP contribution < -0.4 is 10.5 Å². The number of benzene rings is 1. The van der Waals surface area contributed by atoms with Crippen LogP contribution in [0.1, 0.15) is 44.2 Å². The van der Waals surface area contributed by atoms with Gasteiger partial charge in [0, 0.05) is 23.7 Å². The van der Waals surface area contributed by atoms with Crippen LogP contribution in [0, 0.1) is 11.6 Å². The molecule has 0 spiro atoms. The number of methoxy groups -OCH3 is 1. The number of unbranched alkanes of at least 4 members (excludes halogenated alkanes) is 2. The summed E-state index contributed by atoms with van der Waals surface area (Å²) in [5.41, 5.74) is 5.77. The molecule has 1 aromatic rings. The molecule has 0 bridgehead atoms. The van der Waals surface area contributed by atoms with E-state index in [1.54, 1.807) is 0 Å². The molecule has 1 atom stereocenters. The first kappa shape index (κ1) is 13.9. The first-order valence-electron chi connectivity index (χ1n) is 5.88. The van der Waals surface area contributed by atoms with Crippen molar-refractivity contribution >= 4 is 0 Å². The second-order valence-electron chi connectivity index (χ2n) is 4.11. The van der Waals surface area contributed by atoms with E-state index in [4.69, 9.17) is 10.5 Å². The molecule has 0 saturated carbocycles. The van der Waals surface area contributed by atoms with Crippen LogP contribution in [0.5, 0.6) is 5.75 Å². The van der Waals surface area contributed by atoms with Crippen molar-refractivity contribution in [3.05, 3.63) is 29.3 Å². The second kappa shape index (κ2) is 6.55. The molecule has 0 unspecified atom stereocenters. The summed E-state index contributed by atoms with van der Waals surface area (Å²) >= 11 is 0. The van der Waals surface area contributed by atoms with E-state index in [9.17, 15) is 8.78 Å². The standard InChI is InChI=1S/C13H19F2NO/c1-3-4-5-6-12(16)13-10(14)7-9(17-2)8-11(13)15/h7-8,12H,3-6,16H2,1-2H3/t12-/m1/s1. The second-order valence-corrected chi connectivity index (χ2v) is 4.11. The SMILES string of the molecule is CCCCC[C@@H](N)c1c(F)cc(OC)cc1F. The quantitative estimate of drug-likeness (QED) is 0.775. The molecule has 2 nitrogen and oxygen atoms in total. The number of hydrogen-bond donors (Lipinski definition) is 1. The van der Waals surface area contributed by atoms with E-state index in [0.717, 1.165) is 31.4 Å². The Morgan fingerprint density at radius 2 is 1.82 bits per heavy atom. The number of ether oxygens (including phenoxy) is 1. The fourth-order valence-electron chi connectivity index (χ4n) is 1.79. The Labute approximate surface area is 101 Å². The minimum absolute atomic E-state index is 0.0399. The minimum Gasteiger partial charge on any atom is -0.497 e. The summed E-state index contributed by atoms with van der Waals surface area (Å²) in [7, 11) is 1.37. The lowest BCUT2D eigenvalue weighted by molar-refractivity contribution is 0.402. The molecule has 17 heavy (non-hydrogen) atoms. The van der Waals surface area contributed by atoms with Gasteiger partial charge in [0.05, 0.1) is 7.11 Å². The molecule has 0 radical (unpaired) electrons. The molecular formula is C13H19F2NO. The summed E-state index contributed by atoms with van der Waals surface area (Å²) in [6.07, 6.45) is 3.55. The van der Waals surface area contributed by atoms with Crippen molar-refractivity contribution in [2.75, 3.05) is 7.11 Å². The van der Waals surface area contributed by atoms with Crippen LogP contribution in [-0.4, -0.2) is 7.11 Å². The third-order valence-electron chi connectivity index (χ3n) is 2.78. The van der Waals surface area contributed by atoms with Crippen molar-refractivity contribution in [2.24, 2.45) is 5.73 Å². The van der Waals surface area contributed by atoms with Gasteiger partial charge < -0.3 is 10.5 Å². The van der Waals surface area contributed by atoms with E-state index >= 15 is 0 Å². The summed E-state index contributed by atoms with van der Waals surface area (Å²) in [4.78, 5) is 0. The highest BCUT2D eigenvalue weighted by Gasteiger charge is 2.17. The monoisotopic (exact) mass is 243 g/mol. The van der Waals surface area contributed by atoms with Gasteiger partial charge >= 0.3 is 0 Å². The molecule has 0 aliphatic carbocycles. The lowest BCUT2D eigenvalue weighted by Gasteiger charge is -2.14. The van der Waals surface area contributed by atoms with Gasteiger partial charge in [-0.15, -0.1) is 0 Å². The third-order valence-corrected chi connectivity index (χ3v) is 2.78. The number of rotatable bonds is 6. The first-order chi connectivity index (χ1) is 8.10. The summed E-state index contributed by atoms with van der Waals surface area (Å²) in [5.74, 6) is -1.10. The summed E-state index contributed by atoms with van der Waals surface area (Å²) in [5, 5.41) is 0. The summed E-state index contributed by atoms with van der Waals surface area (Å²) in [6.45, 7) is 2.07. The Balaban J connectivity index is 2.82. The van der Waals surface area contributed by atoms with Crippen LogP contribution in [0.3, 0.4) is 0 Å². The number of nitrogens with two attached hydrogens (primary N) is 1. The lowest BCUT2D eigenvalue weighted by atomic mass is 10.00. The van der Waals surface area contributed by atoms with Crippen LogP contribution in [-0.2, 0) is 0 Å². The zero-order chi connectivity index (χ0) is 12.8. The molecule has 2 N–H and O–H groups in total. The predicted molar refractivity (Wildman–Crippen MR) is 64.0 cm³/mol. The van der Waals surface area contributed by atoms with Crippen molar-refractivity contribution < 1.29 is 13.5 Å². The zero-order valence-electron chi connectivity index (χ0n) is 10.3. The molecule has 4 heteroatoms. The maximum atomic E-state index is 13.7. The molecule has 0 fully saturated rings. The molecular weight excluding hydrogens is 224 g/mol. The number of hydrogen-bond acceptors (Lipinski definition) is 2. The van der Waals surface area contributed by atoms with E-state index in [0.29, 0.717) is 6.42 Å². The van der Waals surface area contributed by atoms with E-state index in [1.165, 1.54) is 7.11 Å². The van der Waals surface area contributed by atoms with Crippen LogP contribution in [0.15, 0.2) is 12.1 Å². The van der Waals surface area contributed by atoms with Crippen LogP contribution in [0.25, 0.3) is 0 Å². The van der Waals surface area contributed by atoms with Crippen LogP contribution in [0.4, 0.5) is 8.78 Å². The van der Waals surface area contributed by atoms with Crippen molar-refractivity contribution in [3.8, 4) is 5.75 Å². The van der Waals surface area contributed by atoms with Gasteiger partial charge in [-0.05, 0) is 6.42 Å². The maximum absolute atomic E-state index is 13.7.